The standard InChI is InChI=1S/C8H16O/c1-3-4-5-6-8-7(2)9-8/h7-8H,3-6H2,1-2H3/t7-,8+/m0/s1. The molecule has 0 N–H and O–H groups in total. The number of unbranched alkanes of at least 4 members (excludes halogenated alkanes) is 2. The number of hydrogen-bond donors (Lipinski definition) is 0. The lowest BCUT2D eigenvalue weighted by atomic mass is 10.1. The molecule has 0 unspecified atom stereocenters. The highest BCUT2D eigenvalue weighted by atomic mass is 16.6. The van der Waals surface area contributed by atoms with E-state index >= 15 is 0 Å². The van der Waals surface area contributed by atoms with E-state index in [2.05, 4.69) is 13.8 Å². The second-order valence-electron chi connectivity index (χ2n) is 2.88. The molecule has 0 aliphatic carbocycles. The monoisotopic (exact) mass is 128 g/mol. The molecule has 1 rings (SSSR count). The van der Waals surface area contributed by atoms with E-state index in [-0.39, 0.29) is 0 Å². The van der Waals surface area contributed by atoms with Crippen molar-refractivity contribution in [3.8, 4) is 0 Å². The van der Waals surface area contributed by atoms with Crippen molar-refractivity contribution in [2.75, 3.05) is 0 Å². The first-order chi connectivity index (χ1) is 4.34. The Morgan fingerprint density at radius 1 is 1.33 bits per heavy atom. The van der Waals surface area contributed by atoms with Gasteiger partial charge in [-0.15, -0.1) is 0 Å². The van der Waals surface area contributed by atoms with Gasteiger partial charge in [0.2, 0.25) is 0 Å². The van der Waals surface area contributed by atoms with Gasteiger partial charge in [0.25, 0.3) is 0 Å². The summed E-state index contributed by atoms with van der Waals surface area (Å²) in [5.41, 5.74) is 0. The predicted molar refractivity (Wildman–Crippen MR) is 38.5 cm³/mol. The van der Waals surface area contributed by atoms with E-state index in [1.165, 1.54) is 25.7 Å². The van der Waals surface area contributed by atoms with Crippen molar-refractivity contribution < 1.29 is 4.74 Å². The van der Waals surface area contributed by atoms with Gasteiger partial charge >= 0.3 is 0 Å². The van der Waals surface area contributed by atoms with E-state index in [9.17, 15) is 0 Å². The summed E-state index contributed by atoms with van der Waals surface area (Å²) >= 11 is 0. The molecule has 2 atom stereocenters. The molecular formula is C8H16O. The van der Waals surface area contributed by atoms with E-state index in [4.69, 9.17) is 4.74 Å². The second kappa shape index (κ2) is 3.21. The summed E-state index contributed by atoms with van der Waals surface area (Å²) in [4.78, 5) is 0. The van der Waals surface area contributed by atoms with Crippen LogP contribution in [0, 0.1) is 0 Å². The molecule has 9 heavy (non-hydrogen) atoms. The summed E-state index contributed by atoms with van der Waals surface area (Å²) in [5, 5.41) is 0. The Labute approximate surface area is 57.4 Å². The van der Waals surface area contributed by atoms with Gasteiger partial charge in [-0.25, -0.2) is 0 Å². The minimum absolute atomic E-state index is 0.571. The summed E-state index contributed by atoms with van der Waals surface area (Å²) in [6.45, 7) is 4.38. The molecule has 0 aromatic carbocycles. The highest BCUT2D eigenvalue weighted by molar-refractivity contribution is 4.79. The smallest absolute Gasteiger partial charge is 0.0839 e. The molecule has 1 nitrogen and oxygen atoms in total. The van der Waals surface area contributed by atoms with Crippen LogP contribution in [0.25, 0.3) is 0 Å². The first kappa shape index (κ1) is 7.07. The van der Waals surface area contributed by atoms with Gasteiger partial charge in [-0.3, -0.25) is 0 Å². The third-order valence-corrected chi connectivity index (χ3v) is 1.93. The van der Waals surface area contributed by atoms with Crippen LogP contribution in [-0.4, -0.2) is 12.2 Å². The van der Waals surface area contributed by atoms with Gasteiger partial charge in [0, 0.05) is 0 Å². The van der Waals surface area contributed by atoms with E-state index < -0.39 is 0 Å². The largest absolute Gasteiger partial charge is 0.370 e. The van der Waals surface area contributed by atoms with Crippen molar-refractivity contribution in [2.24, 2.45) is 0 Å². The Morgan fingerprint density at radius 2 is 2.00 bits per heavy atom. The summed E-state index contributed by atoms with van der Waals surface area (Å²) < 4.78 is 5.26. The van der Waals surface area contributed by atoms with Crippen molar-refractivity contribution in [3.05, 3.63) is 0 Å². The van der Waals surface area contributed by atoms with Crippen molar-refractivity contribution in [1.82, 2.24) is 0 Å². The van der Waals surface area contributed by atoms with Gasteiger partial charge in [-0.2, -0.15) is 0 Å². The first-order valence-corrected chi connectivity index (χ1v) is 4.00. The maximum absolute atomic E-state index is 5.26. The zero-order chi connectivity index (χ0) is 6.69. The SMILES string of the molecule is CCCCC[C@H]1O[C@H]1C. The van der Waals surface area contributed by atoms with Crippen molar-refractivity contribution in [2.45, 2.75) is 51.7 Å². The number of hydrogen-bond acceptors (Lipinski definition) is 1. The maximum Gasteiger partial charge on any atom is 0.0839 e. The molecule has 1 heterocycles. The van der Waals surface area contributed by atoms with Crippen LogP contribution in [0.2, 0.25) is 0 Å². The number of rotatable bonds is 4. The fraction of sp³-hybridized carbons (Fsp3) is 1.00. The fourth-order valence-electron chi connectivity index (χ4n) is 1.13. The summed E-state index contributed by atoms with van der Waals surface area (Å²) in [7, 11) is 0. The van der Waals surface area contributed by atoms with Gasteiger partial charge < -0.3 is 4.74 Å². The molecule has 0 radical (unpaired) electrons. The first-order valence-electron chi connectivity index (χ1n) is 4.00. The van der Waals surface area contributed by atoms with Crippen LogP contribution in [0.3, 0.4) is 0 Å². The van der Waals surface area contributed by atoms with Crippen LogP contribution in [0.1, 0.15) is 39.5 Å². The number of epoxide rings is 1. The van der Waals surface area contributed by atoms with Gasteiger partial charge in [-0.05, 0) is 13.3 Å². The Bertz CT molecular complexity index is 80.6. The van der Waals surface area contributed by atoms with E-state index in [0.717, 1.165) is 0 Å². The lowest BCUT2D eigenvalue weighted by molar-refractivity contribution is 0.365. The molecule has 54 valence electrons. The average molecular weight is 128 g/mol. The van der Waals surface area contributed by atoms with Crippen LogP contribution in [0.15, 0.2) is 0 Å². The zero-order valence-electron chi connectivity index (χ0n) is 6.39. The number of ether oxygens (including phenoxy) is 1. The molecule has 1 heteroatoms. The molecule has 0 aromatic rings. The van der Waals surface area contributed by atoms with Crippen LogP contribution in [-0.2, 0) is 4.74 Å². The second-order valence-corrected chi connectivity index (χ2v) is 2.88. The Kier molecular flexibility index (Phi) is 2.52. The Morgan fingerprint density at radius 3 is 2.44 bits per heavy atom. The van der Waals surface area contributed by atoms with Crippen molar-refractivity contribution in [3.63, 3.8) is 0 Å². The Hall–Kier alpha value is -0.0400. The van der Waals surface area contributed by atoms with Crippen LogP contribution < -0.4 is 0 Å². The van der Waals surface area contributed by atoms with Gasteiger partial charge in [-0.1, -0.05) is 26.2 Å². The van der Waals surface area contributed by atoms with Crippen LogP contribution in [0.4, 0.5) is 0 Å². The van der Waals surface area contributed by atoms with E-state index in [0.29, 0.717) is 12.2 Å². The van der Waals surface area contributed by atoms with Crippen molar-refractivity contribution in [1.29, 1.82) is 0 Å². The molecule has 0 bridgehead atoms. The minimum atomic E-state index is 0.571. The molecule has 1 aliphatic heterocycles. The van der Waals surface area contributed by atoms with E-state index in [1.807, 2.05) is 0 Å². The highest BCUT2D eigenvalue weighted by Gasteiger charge is 2.32. The zero-order valence-corrected chi connectivity index (χ0v) is 6.39. The van der Waals surface area contributed by atoms with Crippen LogP contribution in [0.5, 0.6) is 0 Å². The molecule has 1 saturated heterocycles. The lowest BCUT2D eigenvalue weighted by Crippen LogP contribution is -1.88. The predicted octanol–water partition coefficient (Wildman–Crippen LogP) is 2.35. The molecule has 0 amide bonds. The molecule has 0 saturated carbocycles. The fourth-order valence-corrected chi connectivity index (χ4v) is 1.13. The van der Waals surface area contributed by atoms with Gasteiger partial charge in [0.05, 0.1) is 12.2 Å². The maximum atomic E-state index is 5.26. The molecule has 1 fully saturated rings. The lowest BCUT2D eigenvalue weighted by Gasteiger charge is -1.91. The topological polar surface area (TPSA) is 12.5 Å². The van der Waals surface area contributed by atoms with Gasteiger partial charge in [0.15, 0.2) is 0 Å². The Balaban J connectivity index is 1.83. The summed E-state index contributed by atoms with van der Waals surface area (Å²) in [5.74, 6) is 0. The summed E-state index contributed by atoms with van der Waals surface area (Å²) in [6, 6.07) is 0. The molecule has 0 aromatic heterocycles. The highest BCUT2D eigenvalue weighted by Crippen LogP contribution is 2.26. The quantitative estimate of drug-likeness (QED) is 0.418. The van der Waals surface area contributed by atoms with Crippen LogP contribution >= 0.6 is 0 Å². The molecule has 0 spiro atoms. The normalized spacial score (nSPS) is 32.7. The molecular weight excluding hydrogens is 112 g/mol. The third kappa shape index (κ3) is 2.35. The average Bonchev–Trinajstić information content (AvgIpc) is 2.48. The minimum Gasteiger partial charge on any atom is -0.370 e. The summed E-state index contributed by atoms with van der Waals surface area (Å²) in [6.07, 6.45) is 6.52. The van der Waals surface area contributed by atoms with Gasteiger partial charge in [0.1, 0.15) is 0 Å². The van der Waals surface area contributed by atoms with Crippen molar-refractivity contribution >= 4 is 0 Å². The third-order valence-electron chi connectivity index (χ3n) is 1.93. The van der Waals surface area contributed by atoms with E-state index in [1.54, 1.807) is 0 Å². The molecule has 1 aliphatic rings.